The third-order valence-corrected chi connectivity index (χ3v) is 5.25. The van der Waals surface area contributed by atoms with Gasteiger partial charge in [-0.15, -0.1) is 0 Å². The van der Waals surface area contributed by atoms with Gasteiger partial charge in [0, 0.05) is 7.05 Å². The lowest BCUT2D eigenvalue weighted by molar-refractivity contribution is -0.150. The second-order valence-electron chi connectivity index (χ2n) is 8.18. The molecular weight excluding hydrogens is 354 g/mol. The number of methoxy groups -OCH3 is 1. The highest BCUT2D eigenvalue weighted by atomic mass is 16.6. The topological polar surface area (TPSA) is 55.8 Å². The number of amides is 1. The van der Waals surface area contributed by atoms with Crippen molar-refractivity contribution in [2.45, 2.75) is 110 Å². The maximum absolute atomic E-state index is 12.3. The lowest BCUT2D eigenvalue weighted by atomic mass is 10.0. The fourth-order valence-corrected chi connectivity index (χ4v) is 3.51. The van der Waals surface area contributed by atoms with Gasteiger partial charge in [-0.2, -0.15) is 0 Å². The van der Waals surface area contributed by atoms with Crippen LogP contribution in [0.15, 0.2) is 0 Å². The van der Waals surface area contributed by atoms with Crippen molar-refractivity contribution < 1.29 is 19.1 Å². The van der Waals surface area contributed by atoms with Crippen LogP contribution in [0.4, 0.5) is 4.79 Å². The highest BCUT2D eigenvalue weighted by molar-refractivity contribution is 5.81. The molecule has 0 aromatic heterocycles. The SMILES string of the molecule is CCCCCCCCCCCCCCCOC(=O)C(C(C)C)N(C)C(=O)OC. The Bertz CT molecular complexity index is 398. The number of likely N-dealkylation sites (N-methyl/N-ethyl adjacent to an activating group) is 1. The first-order valence-corrected chi connectivity index (χ1v) is 11.4. The van der Waals surface area contributed by atoms with Gasteiger partial charge in [0.1, 0.15) is 6.04 Å². The molecule has 1 atom stereocenters. The molecule has 0 radical (unpaired) electrons. The van der Waals surface area contributed by atoms with E-state index in [2.05, 4.69) is 6.92 Å². The molecule has 5 heteroatoms. The van der Waals surface area contributed by atoms with Crippen LogP contribution in [0.25, 0.3) is 0 Å². The minimum Gasteiger partial charge on any atom is -0.464 e. The van der Waals surface area contributed by atoms with Crippen molar-refractivity contribution in [3.8, 4) is 0 Å². The summed E-state index contributed by atoms with van der Waals surface area (Å²) in [5.74, 6) is -0.370. The van der Waals surface area contributed by atoms with E-state index in [9.17, 15) is 9.59 Å². The number of rotatable bonds is 17. The first kappa shape index (κ1) is 26.7. The zero-order valence-corrected chi connectivity index (χ0v) is 19.1. The predicted molar refractivity (Wildman–Crippen MR) is 115 cm³/mol. The zero-order chi connectivity index (χ0) is 21.2. The van der Waals surface area contributed by atoms with Gasteiger partial charge in [0.05, 0.1) is 13.7 Å². The summed E-state index contributed by atoms with van der Waals surface area (Å²) in [5, 5.41) is 0. The van der Waals surface area contributed by atoms with Crippen molar-refractivity contribution in [2.75, 3.05) is 20.8 Å². The van der Waals surface area contributed by atoms with E-state index in [-0.39, 0.29) is 11.9 Å². The van der Waals surface area contributed by atoms with Gasteiger partial charge in [0.2, 0.25) is 0 Å². The Morgan fingerprint density at radius 1 is 0.786 bits per heavy atom. The van der Waals surface area contributed by atoms with E-state index in [0.717, 1.165) is 12.8 Å². The molecule has 1 amide bonds. The van der Waals surface area contributed by atoms with Crippen LogP contribution >= 0.6 is 0 Å². The Labute approximate surface area is 173 Å². The van der Waals surface area contributed by atoms with Crippen molar-refractivity contribution in [1.82, 2.24) is 4.90 Å². The number of unbranched alkanes of at least 4 members (excludes halogenated alkanes) is 12. The van der Waals surface area contributed by atoms with Crippen LogP contribution in [-0.4, -0.2) is 43.8 Å². The van der Waals surface area contributed by atoms with Crippen LogP contribution in [0.1, 0.15) is 104 Å². The fourth-order valence-electron chi connectivity index (χ4n) is 3.51. The van der Waals surface area contributed by atoms with Gasteiger partial charge >= 0.3 is 12.1 Å². The number of ether oxygens (including phenoxy) is 2. The Balaban J connectivity index is 3.66. The maximum atomic E-state index is 12.3. The van der Waals surface area contributed by atoms with Crippen LogP contribution in [0.3, 0.4) is 0 Å². The second-order valence-corrected chi connectivity index (χ2v) is 8.18. The van der Waals surface area contributed by atoms with E-state index >= 15 is 0 Å². The van der Waals surface area contributed by atoms with Gasteiger partial charge in [-0.3, -0.25) is 4.90 Å². The number of esters is 1. The van der Waals surface area contributed by atoms with Crippen molar-refractivity contribution in [3.05, 3.63) is 0 Å². The van der Waals surface area contributed by atoms with Gasteiger partial charge in [0.25, 0.3) is 0 Å². The summed E-state index contributed by atoms with van der Waals surface area (Å²) >= 11 is 0. The molecule has 28 heavy (non-hydrogen) atoms. The largest absolute Gasteiger partial charge is 0.464 e. The lowest BCUT2D eigenvalue weighted by Crippen LogP contribution is -2.46. The monoisotopic (exact) mass is 399 g/mol. The molecular formula is C23H45NO4. The molecule has 0 saturated heterocycles. The molecule has 0 saturated carbocycles. The van der Waals surface area contributed by atoms with Crippen LogP contribution in [0.2, 0.25) is 0 Å². The molecule has 0 rings (SSSR count). The average molecular weight is 400 g/mol. The first-order chi connectivity index (χ1) is 13.5. The van der Waals surface area contributed by atoms with Gasteiger partial charge in [-0.1, -0.05) is 97.8 Å². The van der Waals surface area contributed by atoms with Crippen LogP contribution in [0, 0.1) is 5.92 Å². The van der Waals surface area contributed by atoms with Crippen molar-refractivity contribution >= 4 is 12.1 Å². The highest BCUT2D eigenvalue weighted by Crippen LogP contribution is 2.14. The number of carbonyl (C=O) groups is 2. The quantitative estimate of drug-likeness (QED) is 0.211. The summed E-state index contributed by atoms with van der Waals surface area (Å²) < 4.78 is 10.1. The maximum Gasteiger partial charge on any atom is 0.409 e. The molecule has 0 heterocycles. The summed E-state index contributed by atoms with van der Waals surface area (Å²) in [7, 11) is 2.89. The van der Waals surface area contributed by atoms with Crippen molar-refractivity contribution in [1.29, 1.82) is 0 Å². The van der Waals surface area contributed by atoms with Crippen LogP contribution in [0.5, 0.6) is 0 Å². The second kappa shape index (κ2) is 17.8. The first-order valence-electron chi connectivity index (χ1n) is 11.4. The van der Waals surface area contributed by atoms with E-state index in [1.807, 2.05) is 13.8 Å². The number of hydrogen-bond donors (Lipinski definition) is 0. The molecule has 0 aliphatic carbocycles. The molecule has 0 aromatic carbocycles. The van der Waals surface area contributed by atoms with Crippen LogP contribution in [-0.2, 0) is 14.3 Å². The third kappa shape index (κ3) is 13.0. The smallest absolute Gasteiger partial charge is 0.409 e. The summed E-state index contributed by atoms with van der Waals surface area (Å²) in [6, 6.07) is -0.602. The van der Waals surface area contributed by atoms with Gasteiger partial charge < -0.3 is 9.47 Å². The fraction of sp³-hybridized carbons (Fsp3) is 0.913. The Morgan fingerprint density at radius 2 is 1.21 bits per heavy atom. The number of hydrogen-bond acceptors (Lipinski definition) is 4. The van der Waals surface area contributed by atoms with E-state index in [1.165, 1.54) is 82.6 Å². The summed E-state index contributed by atoms with van der Waals surface area (Å²) in [6.07, 6.45) is 16.2. The van der Waals surface area contributed by atoms with Crippen molar-refractivity contribution in [3.63, 3.8) is 0 Å². The minimum atomic E-state index is -0.602. The Morgan fingerprint density at radius 3 is 1.61 bits per heavy atom. The van der Waals surface area contributed by atoms with Gasteiger partial charge in [-0.25, -0.2) is 9.59 Å². The summed E-state index contributed by atoms with van der Waals surface area (Å²) in [4.78, 5) is 25.3. The molecule has 166 valence electrons. The standard InChI is InChI=1S/C23H45NO4/c1-6-7-8-9-10-11-12-13-14-15-16-17-18-19-28-22(25)21(20(2)3)24(4)23(26)27-5/h20-21H,6-19H2,1-5H3. The predicted octanol–water partition coefficient (Wildman–Crippen LogP) is 6.34. The van der Waals surface area contributed by atoms with E-state index < -0.39 is 12.1 Å². The molecule has 0 N–H and O–H groups in total. The lowest BCUT2D eigenvalue weighted by Gasteiger charge is -2.28. The molecule has 1 unspecified atom stereocenters. The summed E-state index contributed by atoms with van der Waals surface area (Å²) in [6.45, 7) is 6.48. The van der Waals surface area contributed by atoms with Gasteiger partial charge in [-0.05, 0) is 12.3 Å². The highest BCUT2D eigenvalue weighted by Gasteiger charge is 2.31. The molecule has 5 nitrogen and oxygen atoms in total. The molecule has 0 aromatic rings. The molecule has 0 fully saturated rings. The molecule has 0 aliphatic heterocycles. The zero-order valence-electron chi connectivity index (χ0n) is 19.1. The summed E-state index contributed by atoms with van der Waals surface area (Å²) in [5.41, 5.74) is 0. The third-order valence-electron chi connectivity index (χ3n) is 5.25. The number of carbonyl (C=O) groups excluding carboxylic acids is 2. The molecule has 0 spiro atoms. The van der Waals surface area contributed by atoms with Gasteiger partial charge in [0.15, 0.2) is 0 Å². The Hall–Kier alpha value is -1.26. The van der Waals surface area contributed by atoms with Crippen LogP contribution < -0.4 is 0 Å². The minimum absolute atomic E-state index is 0.0248. The van der Waals surface area contributed by atoms with E-state index in [1.54, 1.807) is 7.05 Å². The molecule has 0 aliphatic rings. The van der Waals surface area contributed by atoms with E-state index in [4.69, 9.17) is 9.47 Å². The molecule has 0 bridgehead atoms. The Kier molecular flexibility index (Phi) is 17.0. The van der Waals surface area contributed by atoms with E-state index in [0.29, 0.717) is 6.61 Å². The normalized spacial score (nSPS) is 12.1. The average Bonchev–Trinajstić information content (AvgIpc) is 2.67. The van der Waals surface area contributed by atoms with Crippen molar-refractivity contribution in [2.24, 2.45) is 5.92 Å². The number of nitrogens with zero attached hydrogens (tertiary/aromatic N) is 1.